The Morgan fingerprint density at radius 3 is 2.63 bits per heavy atom. The van der Waals surface area contributed by atoms with E-state index in [4.69, 9.17) is 4.74 Å². The van der Waals surface area contributed by atoms with Crippen molar-refractivity contribution in [2.75, 3.05) is 59.1 Å². The van der Waals surface area contributed by atoms with Gasteiger partial charge in [-0.2, -0.15) is 0 Å². The number of morpholine rings is 1. The Hall–Kier alpha value is -1.51. The van der Waals surface area contributed by atoms with Gasteiger partial charge in [0.15, 0.2) is 0 Å². The predicted octanol–water partition coefficient (Wildman–Crippen LogP) is -0.149. The molecule has 148 valence electrons. The zero-order chi connectivity index (χ0) is 18.6. The van der Waals surface area contributed by atoms with Gasteiger partial charge in [0.05, 0.1) is 25.2 Å². The summed E-state index contributed by atoms with van der Waals surface area (Å²) < 4.78 is 5.43. The number of likely N-dealkylation sites (tertiary alicyclic amines) is 1. The van der Waals surface area contributed by atoms with Crippen LogP contribution in [0, 0.1) is 17.8 Å². The van der Waals surface area contributed by atoms with Gasteiger partial charge < -0.3 is 14.7 Å². The van der Waals surface area contributed by atoms with Crippen LogP contribution in [0.5, 0.6) is 0 Å². The molecule has 3 saturated heterocycles. The van der Waals surface area contributed by atoms with Crippen LogP contribution in [-0.2, 0) is 9.53 Å². The standard InChI is InChI=1S/C20H30N4O3/c25-14-17-13-24(12-16(17)11-23-6-8-27-9-7-23)20(26)18-10-21-22-19(18)15-4-2-1-3-5-15/h1-5,16-19,21-22,25H,6-14H2/t16-,17-,18?,19?/m0/s1. The number of aliphatic hydroxyl groups is 1. The van der Waals surface area contributed by atoms with E-state index in [9.17, 15) is 9.90 Å². The van der Waals surface area contributed by atoms with Gasteiger partial charge in [-0.1, -0.05) is 30.3 Å². The third kappa shape index (κ3) is 4.17. The fourth-order valence-electron chi connectivity index (χ4n) is 4.59. The number of nitrogens with one attached hydrogen (secondary N) is 2. The van der Waals surface area contributed by atoms with Gasteiger partial charge in [0.25, 0.3) is 0 Å². The highest BCUT2D eigenvalue weighted by molar-refractivity contribution is 5.80. The Labute approximate surface area is 160 Å². The van der Waals surface area contributed by atoms with E-state index in [2.05, 4.69) is 27.9 Å². The second-order valence-electron chi connectivity index (χ2n) is 7.88. The molecule has 0 bridgehead atoms. The van der Waals surface area contributed by atoms with Crippen LogP contribution >= 0.6 is 0 Å². The molecule has 27 heavy (non-hydrogen) atoms. The van der Waals surface area contributed by atoms with Crippen molar-refractivity contribution in [3.05, 3.63) is 35.9 Å². The first-order valence-electron chi connectivity index (χ1n) is 9.99. The summed E-state index contributed by atoms with van der Waals surface area (Å²) in [7, 11) is 0. The highest BCUT2D eigenvalue weighted by Gasteiger charge is 2.42. The van der Waals surface area contributed by atoms with Crippen molar-refractivity contribution in [1.82, 2.24) is 20.7 Å². The Morgan fingerprint density at radius 1 is 1.15 bits per heavy atom. The van der Waals surface area contributed by atoms with Crippen molar-refractivity contribution in [3.63, 3.8) is 0 Å². The van der Waals surface area contributed by atoms with Crippen molar-refractivity contribution in [2.24, 2.45) is 17.8 Å². The second-order valence-corrected chi connectivity index (χ2v) is 7.88. The lowest BCUT2D eigenvalue weighted by Crippen LogP contribution is -2.42. The molecule has 1 amide bonds. The lowest BCUT2D eigenvalue weighted by atomic mass is 9.94. The second kappa shape index (κ2) is 8.67. The smallest absolute Gasteiger partial charge is 0.229 e. The minimum Gasteiger partial charge on any atom is -0.396 e. The van der Waals surface area contributed by atoms with Crippen LogP contribution in [0.2, 0.25) is 0 Å². The number of benzene rings is 1. The molecule has 7 heteroatoms. The number of hydrazine groups is 1. The van der Waals surface area contributed by atoms with Crippen LogP contribution < -0.4 is 10.9 Å². The zero-order valence-electron chi connectivity index (χ0n) is 15.7. The molecule has 0 radical (unpaired) electrons. The summed E-state index contributed by atoms with van der Waals surface area (Å²) in [5.74, 6) is 0.557. The monoisotopic (exact) mass is 374 g/mol. The van der Waals surface area contributed by atoms with Crippen LogP contribution in [0.25, 0.3) is 0 Å². The van der Waals surface area contributed by atoms with E-state index in [-0.39, 0.29) is 30.4 Å². The molecular formula is C20H30N4O3. The van der Waals surface area contributed by atoms with Crippen molar-refractivity contribution in [3.8, 4) is 0 Å². The topological polar surface area (TPSA) is 77.1 Å². The first-order valence-corrected chi connectivity index (χ1v) is 9.99. The normalized spacial score (nSPS) is 32.1. The highest BCUT2D eigenvalue weighted by Crippen LogP contribution is 2.31. The molecule has 3 aliphatic rings. The molecular weight excluding hydrogens is 344 g/mol. The third-order valence-corrected chi connectivity index (χ3v) is 6.18. The molecule has 0 aliphatic carbocycles. The van der Waals surface area contributed by atoms with Crippen LogP contribution in [0.3, 0.4) is 0 Å². The zero-order valence-corrected chi connectivity index (χ0v) is 15.7. The van der Waals surface area contributed by atoms with E-state index in [0.29, 0.717) is 19.0 Å². The molecule has 0 aromatic heterocycles. The average molecular weight is 374 g/mol. The first-order chi connectivity index (χ1) is 13.3. The predicted molar refractivity (Wildman–Crippen MR) is 102 cm³/mol. The highest BCUT2D eigenvalue weighted by atomic mass is 16.5. The van der Waals surface area contributed by atoms with Gasteiger partial charge in [-0.25, -0.2) is 5.43 Å². The van der Waals surface area contributed by atoms with Gasteiger partial charge in [-0.05, 0) is 11.5 Å². The molecule has 4 rings (SSSR count). The molecule has 1 aromatic carbocycles. The summed E-state index contributed by atoms with van der Waals surface area (Å²) in [5.41, 5.74) is 7.55. The number of carbonyl (C=O) groups excluding carboxylic acids is 1. The van der Waals surface area contributed by atoms with Crippen LogP contribution in [0.1, 0.15) is 11.6 Å². The largest absolute Gasteiger partial charge is 0.396 e. The van der Waals surface area contributed by atoms with Gasteiger partial charge in [-0.3, -0.25) is 15.1 Å². The van der Waals surface area contributed by atoms with E-state index < -0.39 is 0 Å². The maximum Gasteiger partial charge on any atom is 0.229 e. The number of aliphatic hydroxyl groups excluding tert-OH is 1. The lowest BCUT2D eigenvalue weighted by molar-refractivity contribution is -0.134. The summed E-state index contributed by atoms with van der Waals surface area (Å²) in [6.07, 6.45) is 0. The fourth-order valence-corrected chi connectivity index (χ4v) is 4.59. The maximum absolute atomic E-state index is 13.3. The van der Waals surface area contributed by atoms with E-state index in [1.54, 1.807) is 0 Å². The Kier molecular flexibility index (Phi) is 6.04. The van der Waals surface area contributed by atoms with Crippen molar-refractivity contribution in [2.45, 2.75) is 6.04 Å². The molecule has 1 aromatic rings. The Bertz CT molecular complexity index is 623. The number of rotatable bonds is 5. The number of hydrogen-bond donors (Lipinski definition) is 3. The summed E-state index contributed by atoms with van der Waals surface area (Å²) >= 11 is 0. The fraction of sp³-hybridized carbons (Fsp3) is 0.650. The maximum atomic E-state index is 13.3. The number of amides is 1. The van der Waals surface area contributed by atoms with Gasteiger partial charge >= 0.3 is 0 Å². The summed E-state index contributed by atoms with van der Waals surface area (Å²) in [5, 5.41) is 9.85. The van der Waals surface area contributed by atoms with Crippen molar-refractivity contribution in [1.29, 1.82) is 0 Å². The van der Waals surface area contributed by atoms with Crippen LogP contribution in [0.15, 0.2) is 30.3 Å². The Morgan fingerprint density at radius 2 is 1.89 bits per heavy atom. The van der Waals surface area contributed by atoms with E-state index >= 15 is 0 Å². The number of nitrogens with zero attached hydrogens (tertiary/aromatic N) is 2. The third-order valence-electron chi connectivity index (χ3n) is 6.18. The van der Waals surface area contributed by atoms with Crippen molar-refractivity contribution >= 4 is 5.91 Å². The Balaban J connectivity index is 1.41. The molecule has 0 saturated carbocycles. The summed E-state index contributed by atoms with van der Waals surface area (Å²) in [6, 6.07) is 10.1. The SMILES string of the molecule is O=C(C1CNNC1c1ccccc1)N1C[C@@H](CO)[C@@H](CN2CCOCC2)C1. The molecule has 4 atom stereocenters. The first kappa shape index (κ1) is 18.8. The van der Waals surface area contributed by atoms with Gasteiger partial charge in [-0.15, -0.1) is 0 Å². The van der Waals surface area contributed by atoms with E-state index in [1.165, 1.54) is 0 Å². The molecule has 3 N–H and O–H groups in total. The summed E-state index contributed by atoms with van der Waals surface area (Å²) in [4.78, 5) is 17.6. The minimum atomic E-state index is -0.117. The molecule has 3 fully saturated rings. The number of ether oxygens (including phenoxy) is 1. The van der Waals surface area contributed by atoms with Crippen LogP contribution in [-0.4, -0.2) is 79.9 Å². The van der Waals surface area contributed by atoms with Gasteiger partial charge in [0.1, 0.15) is 0 Å². The summed E-state index contributed by atoms with van der Waals surface area (Å²) in [6.45, 7) is 6.53. The van der Waals surface area contributed by atoms with Gasteiger partial charge in [0, 0.05) is 51.8 Å². The minimum absolute atomic E-state index is 0.00966. The van der Waals surface area contributed by atoms with E-state index in [1.807, 2.05) is 23.1 Å². The average Bonchev–Trinajstić information content (AvgIpc) is 3.36. The van der Waals surface area contributed by atoms with Crippen LogP contribution in [0.4, 0.5) is 0 Å². The van der Waals surface area contributed by atoms with Crippen molar-refractivity contribution < 1.29 is 14.6 Å². The molecule has 2 unspecified atom stereocenters. The van der Waals surface area contributed by atoms with E-state index in [0.717, 1.165) is 45.0 Å². The molecule has 3 heterocycles. The molecule has 0 spiro atoms. The quantitative estimate of drug-likeness (QED) is 0.666. The van der Waals surface area contributed by atoms with Gasteiger partial charge in [0.2, 0.25) is 5.91 Å². The number of hydrogen-bond acceptors (Lipinski definition) is 6. The number of carbonyl (C=O) groups is 1. The lowest BCUT2D eigenvalue weighted by Gasteiger charge is -2.30. The molecule has 3 aliphatic heterocycles. The molecule has 7 nitrogen and oxygen atoms in total.